The predicted molar refractivity (Wildman–Crippen MR) is 51.9 cm³/mol. The molecule has 0 aliphatic carbocycles. The first kappa shape index (κ1) is 11.2. The molecule has 1 aromatic rings. The van der Waals surface area contributed by atoms with Crippen molar-refractivity contribution in [1.82, 2.24) is 5.48 Å². The van der Waals surface area contributed by atoms with Crippen molar-refractivity contribution in [3.05, 3.63) is 35.9 Å². The molecule has 80 valence electrons. The second kappa shape index (κ2) is 5.77. The summed E-state index contributed by atoms with van der Waals surface area (Å²) in [5.74, 6) is -1.05. The van der Waals surface area contributed by atoms with E-state index in [2.05, 4.69) is 15.1 Å². The van der Waals surface area contributed by atoms with E-state index in [-0.39, 0.29) is 6.54 Å². The van der Waals surface area contributed by atoms with Gasteiger partial charge in [0.15, 0.2) is 0 Å². The Kier molecular flexibility index (Phi) is 4.30. The van der Waals surface area contributed by atoms with Gasteiger partial charge in [0.2, 0.25) is 0 Å². The third-order valence-electron chi connectivity index (χ3n) is 1.62. The van der Waals surface area contributed by atoms with Crippen molar-refractivity contribution < 1.29 is 19.2 Å². The summed E-state index contributed by atoms with van der Waals surface area (Å²) < 4.78 is 4.34. The van der Waals surface area contributed by atoms with Crippen LogP contribution in [-0.2, 0) is 14.4 Å². The Bertz CT molecular complexity index is 337. The van der Waals surface area contributed by atoms with Crippen molar-refractivity contribution in [2.24, 2.45) is 0 Å². The maximum atomic E-state index is 11.3. The van der Waals surface area contributed by atoms with Crippen molar-refractivity contribution in [1.29, 1.82) is 0 Å². The maximum absolute atomic E-state index is 11.3. The molecule has 1 N–H and O–H groups in total. The molecule has 0 spiro atoms. The van der Waals surface area contributed by atoms with Gasteiger partial charge in [-0.2, -0.15) is 0 Å². The molecule has 0 heterocycles. The molecule has 5 heteroatoms. The summed E-state index contributed by atoms with van der Waals surface area (Å²) in [4.78, 5) is 26.5. The Morgan fingerprint density at radius 2 is 1.93 bits per heavy atom. The maximum Gasteiger partial charge on any atom is 0.356 e. The van der Waals surface area contributed by atoms with Crippen molar-refractivity contribution in [2.45, 2.75) is 0 Å². The minimum absolute atomic E-state index is 0.172. The number of nitrogens with one attached hydrogen (secondary N) is 1. The standard InChI is InChI=1S/C10H11NO4/c1-14-9(12)7-11-15-10(13)8-5-3-2-4-6-8/h2-6,11H,7H2,1H3. The lowest BCUT2D eigenvalue weighted by Crippen LogP contribution is -2.27. The average Bonchev–Trinajstić information content (AvgIpc) is 2.29. The number of carbonyl (C=O) groups is 2. The normalized spacial score (nSPS) is 9.40. The SMILES string of the molecule is COC(=O)CNOC(=O)c1ccccc1. The summed E-state index contributed by atoms with van der Waals surface area (Å²) in [7, 11) is 1.25. The van der Waals surface area contributed by atoms with Gasteiger partial charge in [0.05, 0.1) is 12.7 Å². The number of hydrogen-bond donors (Lipinski definition) is 1. The molecule has 0 atom stereocenters. The highest BCUT2D eigenvalue weighted by atomic mass is 16.7. The third kappa shape index (κ3) is 3.78. The van der Waals surface area contributed by atoms with Crippen molar-refractivity contribution >= 4 is 11.9 Å². The molecule has 0 saturated heterocycles. The van der Waals surface area contributed by atoms with Crippen LogP contribution < -0.4 is 5.48 Å². The Balaban J connectivity index is 2.34. The minimum Gasteiger partial charge on any atom is -0.468 e. The first-order valence-electron chi connectivity index (χ1n) is 4.30. The number of esters is 1. The molecule has 1 rings (SSSR count). The van der Waals surface area contributed by atoms with Crippen LogP contribution in [0.1, 0.15) is 10.4 Å². The quantitative estimate of drug-likeness (QED) is 0.578. The van der Waals surface area contributed by atoms with E-state index in [1.165, 1.54) is 7.11 Å². The topological polar surface area (TPSA) is 64.6 Å². The molecular weight excluding hydrogens is 198 g/mol. The largest absolute Gasteiger partial charge is 0.468 e. The van der Waals surface area contributed by atoms with Gasteiger partial charge < -0.3 is 9.57 Å². The second-order valence-corrected chi connectivity index (χ2v) is 2.65. The number of hydroxylamine groups is 1. The van der Waals surface area contributed by atoms with Crippen LogP contribution in [0.2, 0.25) is 0 Å². The molecular formula is C10H11NO4. The molecule has 0 bridgehead atoms. The lowest BCUT2D eigenvalue weighted by molar-refractivity contribution is -0.141. The van der Waals surface area contributed by atoms with E-state index in [4.69, 9.17) is 0 Å². The van der Waals surface area contributed by atoms with Crippen LogP contribution in [0.25, 0.3) is 0 Å². The molecule has 0 radical (unpaired) electrons. The van der Waals surface area contributed by atoms with Gasteiger partial charge in [0, 0.05) is 0 Å². The molecule has 15 heavy (non-hydrogen) atoms. The molecule has 5 nitrogen and oxygen atoms in total. The van der Waals surface area contributed by atoms with Crippen LogP contribution in [0, 0.1) is 0 Å². The van der Waals surface area contributed by atoms with Crippen LogP contribution in [0.15, 0.2) is 30.3 Å². The smallest absolute Gasteiger partial charge is 0.356 e. The summed E-state index contributed by atoms with van der Waals surface area (Å²) in [6, 6.07) is 8.46. The Labute approximate surface area is 86.9 Å². The van der Waals surface area contributed by atoms with Gasteiger partial charge in [0.1, 0.15) is 6.54 Å². The van der Waals surface area contributed by atoms with Gasteiger partial charge in [-0.15, -0.1) is 5.48 Å². The molecule has 0 fully saturated rings. The van der Waals surface area contributed by atoms with Crippen molar-refractivity contribution in [3.8, 4) is 0 Å². The van der Waals surface area contributed by atoms with Crippen molar-refractivity contribution in [3.63, 3.8) is 0 Å². The van der Waals surface area contributed by atoms with Gasteiger partial charge in [-0.1, -0.05) is 18.2 Å². The summed E-state index contributed by atoms with van der Waals surface area (Å²) in [6.07, 6.45) is 0. The van der Waals surface area contributed by atoms with Gasteiger partial charge in [-0.3, -0.25) is 4.79 Å². The molecule has 0 saturated carbocycles. The molecule has 0 aliphatic heterocycles. The number of hydrogen-bond acceptors (Lipinski definition) is 5. The summed E-state index contributed by atoms with van der Waals surface area (Å²) in [5.41, 5.74) is 2.62. The fourth-order valence-corrected chi connectivity index (χ4v) is 0.866. The fourth-order valence-electron chi connectivity index (χ4n) is 0.866. The zero-order chi connectivity index (χ0) is 11.1. The second-order valence-electron chi connectivity index (χ2n) is 2.65. The predicted octanol–water partition coefficient (Wildman–Crippen LogP) is 0.521. The highest BCUT2D eigenvalue weighted by molar-refractivity contribution is 5.89. The van der Waals surface area contributed by atoms with E-state index in [0.717, 1.165) is 0 Å². The third-order valence-corrected chi connectivity index (χ3v) is 1.62. The van der Waals surface area contributed by atoms with Gasteiger partial charge in [-0.05, 0) is 12.1 Å². The number of ether oxygens (including phenoxy) is 1. The zero-order valence-corrected chi connectivity index (χ0v) is 8.23. The van der Waals surface area contributed by atoms with Crippen LogP contribution in [-0.4, -0.2) is 25.6 Å². The first-order chi connectivity index (χ1) is 7.24. The number of rotatable bonds is 4. The van der Waals surface area contributed by atoms with E-state index >= 15 is 0 Å². The van der Waals surface area contributed by atoms with E-state index in [0.29, 0.717) is 5.56 Å². The number of carbonyl (C=O) groups excluding carboxylic acids is 2. The van der Waals surface area contributed by atoms with Crippen molar-refractivity contribution in [2.75, 3.05) is 13.7 Å². The lowest BCUT2D eigenvalue weighted by atomic mass is 10.2. The molecule has 0 unspecified atom stereocenters. The fraction of sp³-hybridized carbons (Fsp3) is 0.200. The van der Waals surface area contributed by atoms with Gasteiger partial charge >= 0.3 is 11.9 Å². The summed E-state index contributed by atoms with van der Waals surface area (Å²) >= 11 is 0. The summed E-state index contributed by atoms with van der Waals surface area (Å²) in [5, 5.41) is 0. The van der Waals surface area contributed by atoms with E-state index in [1.54, 1.807) is 30.3 Å². The Morgan fingerprint density at radius 3 is 2.53 bits per heavy atom. The Morgan fingerprint density at radius 1 is 1.27 bits per heavy atom. The molecule has 1 aromatic carbocycles. The van der Waals surface area contributed by atoms with Gasteiger partial charge in [0.25, 0.3) is 0 Å². The molecule has 0 aromatic heterocycles. The molecule has 0 aliphatic rings. The molecule has 0 amide bonds. The average molecular weight is 209 g/mol. The van der Waals surface area contributed by atoms with Crippen LogP contribution >= 0.6 is 0 Å². The Hall–Kier alpha value is -1.88. The van der Waals surface area contributed by atoms with Crippen LogP contribution in [0.3, 0.4) is 0 Å². The lowest BCUT2D eigenvalue weighted by Gasteiger charge is -2.03. The monoisotopic (exact) mass is 209 g/mol. The highest BCUT2D eigenvalue weighted by Crippen LogP contribution is 1.99. The zero-order valence-electron chi connectivity index (χ0n) is 8.23. The first-order valence-corrected chi connectivity index (χ1v) is 4.30. The number of methoxy groups -OCH3 is 1. The van der Waals surface area contributed by atoms with E-state index in [9.17, 15) is 9.59 Å². The van der Waals surface area contributed by atoms with Crippen LogP contribution in [0.4, 0.5) is 0 Å². The van der Waals surface area contributed by atoms with Crippen LogP contribution in [0.5, 0.6) is 0 Å². The highest BCUT2D eigenvalue weighted by Gasteiger charge is 2.07. The summed E-state index contributed by atoms with van der Waals surface area (Å²) in [6.45, 7) is -0.172. The van der Waals surface area contributed by atoms with Gasteiger partial charge in [-0.25, -0.2) is 4.79 Å². The van der Waals surface area contributed by atoms with E-state index in [1.807, 2.05) is 0 Å². The number of benzene rings is 1. The van der Waals surface area contributed by atoms with E-state index < -0.39 is 11.9 Å². The minimum atomic E-state index is -0.542.